The van der Waals surface area contributed by atoms with Crippen LogP contribution in [0.15, 0.2) is 36.7 Å². The van der Waals surface area contributed by atoms with Crippen LogP contribution in [0.2, 0.25) is 0 Å². The molecule has 0 fully saturated rings. The Bertz CT molecular complexity index is 994. The minimum atomic E-state index is 0.0838. The molecule has 0 bridgehead atoms. The monoisotopic (exact) mass is 381 g/mol. The SMILES string of the molecule is COc1ccc(CN(C)C(=O)CCn2cnc3cc(C)c(C)cc32)cc1OC. The van der Waals surface area contributed by atoms with Gasteiger partial charge in [-0.05, 0) is 54.8 Å². The number of amides is 1. The first-order valence-corrected chi connectivity index (χ1v) is 9.30. The van der Waals surface area contributed by atoms with E-state index in [1.54, 1.807) is 19.1 Å². The molecule has 6 nitrogen and oxygen atoms in total. The average molecular weight is 381 g/mol. The van der Waals surface area contributed by atoms with Crippen molar-refractivity contribution in [2.75, 3.05) is 21.3 Å². The van der Waals surface area contributed by atoms with E-state index in [1.165, 1.54) is 11.1 Å². The topological polar surface area (TPSA) is 56.6 Å². The molecule has 0 unspecified atom stereocenters. The molecule has 1 aromatic heterocycles. The van der Waals surface area contributed by atoms with Crippen molar-refractivity contribution < 1.29 is 14.3 Å². The summed E-state index contributed by atoms with van der Waals surface area (Å²) < 4.78 is 12.6. The first-order chi connectivity index (χ1) is 13.4. The number of rotatable bonds is 7. The van der Waals surface area contributed by atoms with Crippen molar-refractivity contribution in [3.05, 3.63) is 53.3 Å². The summed E-state index contributed by atoms with van der Waals surface area (Å²) >= 11 is 0. The van der Waals surface area contributed by atoms with Gasteiger partial charge in [-0.1, -0.05) is 6.07 Å². The van der Waals surface area contributed by atoms with Gasteiger partial charge in [0.2, 0.25) is 5.91 Å². The Kier molecular flexibility index (Phi) is 5.87. The van der Waals surface area contributed by atoms with E-state index < -0.39 is 0 Å². The van der Waals surface area contributed by atoms with Crippen molar-refractivity contribution in [1.29, 1.82) is 0 Å². The molecule has 0 spiro atoms. The predicted octanol–water partition coefficient (Wildman–Crippen LogP) is 3.72. The lowest BCUT2D eigenvalue weighted by Crippen LogP contribution is -2.27. The highest BCUT2D eigenvalue weighted by Gasteiger charge is 2.13. The van der Waals surface area contributed by atoms with E-state index in [9.17, 15) is 4.79 Å². The molecule has 2 aromatic carbocycles. The molecule has 0 N–H and O–H groups in total. The molecule has 0 aliphatic heterocycles. The molecule has 1 amide bonds. The fraction of sp³-hybridized carbons (Fsp3) is 0.364. The smallest absolute Gasteiger partial charge is 0.224 e. The summed E-state index contributed by atoms with van der Waals surface area (Å²) in [5.74, 6) is 1.43. The fourth-order valence-corrected chi connectivity index (χ4v) is 3.24. The Hall–Kier alpha value is -3.02. The number of methoxy groups -OCH3 is 2. The Morgan fingerprint density at radius 1 is 1.07 bits per heavy atom. The van der Waals surface area contributed by atoms with Crippen molar-refractivity contribution in [1.82, 2.24) is 14.5 Å². The van der Waals surface area contributed by atoms with Crippen molar-refractivity contribution in [2.24, 2.45) is 0 Å². The Balaban J connectivity index is 1.64. The molecule has 0 aliphatic rings. The third-order valence-corrected chi connectivity index (χ3v) is 5.10. The molecule has 3 rings (SSSR count). The van der Waals surface area contributed by atoms with Gasteiger partial charge in [0.1, 0.15) is 0 Å². The number of hydrogen-bond donors (Lipinski definition) is 0. The highest BCUT2D eigenvalue weighted by molar-refractivity contribution is 5.78. The number of hydrogen-bond acceptors (Lipinski definition) is 4. The van der Waals surface area contributed by atoms with E-state index in [2.05, 4.69) is 31.0 Å². The van der Waals surface area contributed by atoms with Gasteiger partial charge in [-0.25, -0.2) is 4.98 Å². The van der Waals surface area contributed by atoms with Crippen LogP contribution in [0.25, 0.3) is 11.0 Å². The fourth-order valence-electron chi connectivity index (χ4n) is 3.24. The van der Waals surface area contributed by atoms with Crippen LogP contribution in [-0.4, -0.2) is 41.6 Å². The Morgan fingerprint density at radius 3 is 2.50 bits per heavy atom. The Labute approximate surface area is 165 Å². The molecule has 0 saturated heterocycles. The summed E-state index contributed by atoms with van der Waals surface area (Å²) in [6.07, 6.45) is 2.23. The largest absolute Gasteiger partial charge is 0.493 e. The lowest BCUT2D eigenvalue weighted by molar-refractivity contribution is -0.130. The number of fused-ring (bicyclic) bond motifs is 1. The first kappa shape index (κ1) is 19.7. The molecule has 6 heteroatoms. The third kappa shape index (κ3) is 4.11. The zero-order valence-electron chi connectivity index (χ0n) is 17.2. The molecule has 0 saturated carbocycles. The molecule has 1 heterocycles. The summed E-state index contributed by atoms with van der Waals surface area (Å²) in [5.41, 5.74) is 5.48. The van der Waals surface area contributed by atoms with Crippen molar-refractivity contribution in [2.45, 2.75) is 33.4 Å². The maximum absolute atomic E-state index is 12.6. The van der Waals surface area contributed by atoms with Gasteiger partial charge in [0.05, 0.1) is 31.6 Å². The maximum atomic E-state index is 12.6. The van der Waals surface area contributed by atoms with Crippen LogP contribution in [-0.2, 0) is 17.9 Å². The molecule has 28 heavy (non-hydrogen) atoms. The molecular formula is C22H27N3O3. The van der Waals surface area contributed by atoms with E-state index >= 15 is 0 Å². The number of carbonyl (C=O) groups excluding carboxylic acids is 1. The van der Waals surface area contributed by atoms with Crippen molar-refractivity contribution >= 4 is 16.9 Å². The van der Waals surface area contributed by atoms with Gasteiger partial charge in [0.15, 0.2) is 11.5 Å². The number of aromatic nitrogens is 2. The zero-order valence-corrected chi connectivity index (χ0v) is 17.2. The van der Waals surface area contributed by atoms with Gasteiger partial charge in [-0.3, -0.25) is 4.79 Å². The van der Waals surface area contributed by atoms with E-state index in [4.69, 9.17) is 9.47 Å². The number of benzene rings is 2. The van der Waals surface area contributed by atoms with Crippen LogP contribution in [0.3, 0.4) is 0 Å². The lowest BCUT2D eigenvalue weighted by atomic mass is 10.1. The van der Waals surface area contributed by atoms with Crippen LogP contribution >= 0.6 is 0 Å². The maximum Gasteiger partial charge on any atom is 0.224 e. The Morgan fingerprint density at radius 2 is 1.79 bits per heavy atom. The molecule has 0 atom stereocenters. The second-order valence-electron chi connectivity index (χ2n) is 7.05. The van der Waals surface area contributed by atoms with E-state index in [0.29, 0.717) is 31.0 Å². The molecule has 3 aromatic rings. The van der Waals surface area contributed by atoms with Crippen molar-refractivity contribution in [3.63, 3.8) is 0 Å². The summed E-state index contributed by atoms with van der Waals surface area (Å²) in [4.78, 5) is 18.8. The second-order valence-corrected chi connectivity index (χ2v) is 7.05. The standard InChI is InChI=1S/C22H27N3O3/c1-15-10-18-19(11-16(15)2)25(14-23-18)9-8-22(26)24(3)13-17-6-7-20(27-4)21(12-17)28-5/h6-7,10-12,14H,8-9,13H2,1-5H3. The van der Waals surface area contributed by atoms with Crippen LogP contribution in [0, 0.1) is 13.8 Å². The van der Waals surface area contributed by atoms with Gasteiger partial charge >= 0.3 is 0 Å². The molecule has 148 valence electrons. The summed E-state index contributed by atoms with van der Waals surface area (Å²) in [6.45, 7) is 5.30. The van der Waals surface area contributed by atoms with Crippen LogP contribution in [0.1, 0.15) is 23.1 Å². The number of carbonyl (C=O) groups is 1. The van der Waals surface area contributed by atoms with Gasteiger partial charge in [-0.2, -0.15) is 0 Å². The number of nitrogens with zero attached hydrogens (tertiary/aromatic N) is 3. The highest BCUT2D eigenvalue weighted by atomic mass is 16.5. The summed E-state index contributed by atoms with van der Waals surface area (Å²) in [7, 11) is 5.03. The van der Waals surface area contributed by atoms with E-state index in [-0.39, 0.29) is 5.91 Å². The van der Waals surface area contributed by atoms with E-state index in [0.717, 1.165) is 16.6 Å². The van der Waals surface area contributed by atoms with Gasteiger partial charge in [-0.15, -0.1) is 0 Å². The number of aryl methyl sites for hydroxylation is 3. The van der Waals surface area contributed by atoms with Crippen LogP contribution < -0.4 is 9.47 Å². The van der Waals surface area contributed by atoms with Crippen LogP contribution in [0.4, 0.5) is 0 Å². The molecule has 0 aliphatic carbocycles. The average Bonchev–Trinajstić information content (AvgIpc) is 3.07. The summed E-state index contributed by atoms with van der Waals surface area (Å²) in [5, 5.41) is 0. The minimum Gasteiger partial charge on any atom is -0.493 e. The number of ether oxygens (including phenoxy) is 2. The first-order valence-electron chi connectivity index (χ1n) is 9.30. The highest BCUT2D eigenvalue weighted by Crippen LogP contribution is 2.28. The van der Waals surface area contributed by atoms with Crippen LogP contribution in [0.5, 0.6) is 11.5 Å². The van der Waals surface area contributed by atoms with Gasteiger partial charge in [0, 0.05) is 26.6 Å². The molecule has 0 radical (unpaired) electrons. The van der Waals surface area contributed by atoms with Gasteiger partial charge < -0.3 is 18.9 Å². The van der Waals surface area contributed by atoms with Crippen molar-refractivity contribution in [3.8, 4) is 11.5 Å². The molecular weight excluding hydrogens is 354 g/mol. The second kappa shape index (κ2) is 8.33. The number of imidazole rings is 1. The third-order valence-electron chi connectivity index (χ3n) is 5.10. The normalized spacial score (nSPS) is 10.9. The lowest BCUT2D eigenvalue weighted by Gasteiger charge is -2.18. The van der Waals surface area contributed by atoms with Gasteiger partial charge in [0.25, 0.3) is 0 Å². The predicted molar refractivity (Wildman–Crippen MR) is 110 cm³/mol. The van der Waals surface area contributed by atoms with E-state index in [1.807, 2.05) is 36.1 Å². The summed E-state index contributed by atoms with van der Waals surface area (Å²) in [6, 6.07) is 9.92. The quantitative estimate of drug-likeness (QED) is 0.626. The minimum absolute atomic E-state index is 0.0838. The zero-order chi connectivity index (χ0) is 20.3.